The van der Waals surface area contributed by atoms with Gasteiger partial charge in [0, 0.05) is 26.7 Å². The third kappa shape index (κ3) is 5.26. The molecule has 0 aliphatic carbocycles. The first kappa shape index (κ1) is 21.1. The second kappa shape index (κ2) is 10.1. The summed E-state index contributed by atoms with van der Waals surface area (Å²) < 4.78 is 5.05. The summed E-state index contributed by atoms with van der Waals surface area (Å²) in [4.78, 5) is 37.3. The fourth-order valence-electron chi connectivity index (χ4n) is 2.61. The molecular weight excluding hydrogens is 346 g/mol. The van der Waals surface area contributed by atoms with Crippen molar-refractivity contribution in [3.05, 3.63) is 35.4 Å². The molecule has 0 fully saturated rings. The molecule has 0 saturated heterocycles. The average molecular weight is 370 g/mol. The summed E-state index contributed by atoms with van der Waals surface area (Å²) in [6, 6.07) is 6.83. The van der Waals surface area contributed by atoms with Crippen LogP contribution >= 0.6 is 12.4 Å². The number of halogens is 1. The highest BCUT2D eigenvalue weighted by Crippen LogP contribution is 2.22. The molecule has 0 aromatic heterocycles. The lowest BCUT2D eigenvalue weighted by Gasteiger charge is -2.14. The van der Waals surface area contributed by atoms with E-state index in [1.165, 1.54) is 12.0 Å². The van der Waals surface area contributed by atoms with Gasteiger partial charge in [-0.05, 0) is 25.0 Å². The van der Waals surface area contributed by atoms with Crippen molar-refractivity contribution in [1.82, 2.24) is 10.2 Å². The summed E-state index contributed by atoms with van der Waals surface area (Å²) in [6.07, 6.45) is 1.27. The topological polar surface area (TPSA) is 102 Å². The SMILES string of the molecule is COC(CN)CC(=O)NCCCCN1C(=O)c2ccccc2C1=O.Cl. The maximum absolute atomic E-state index is 12.2. The van der Waals surface area contributed by atoms with E-state index in [0.29, 0.717) is 43.6 Å². The number of methoxy groups -OCH3 is 1. The first-order chi connectivity index (χ1) is 11.6. The van der Waals surface area contributed by atoms with Gasteiger partial charge in [0.05, 0.1) is 23.7 Å². The smallest absolute Gasteiger partial charge is 0.261 e. The largest absolute Gasteiger partial charge is 0.380 e. The van der Waals surface area contributed by atoms with Gasteiger partial charge in [0.25, 0.3) is 11.8 Å². The Hall–Kier alpha value is -1.96. The van der Waals surface area contributed by atoms with Crippen LogP contribution in [0.15, 0.2) is 24.3 Å². The third-order valence-electron chi connectivity index (χ3n) is 4.02. The molecule has 25 heavy (non-hydrogen) atoms. The molecule has 0 spiro atoms. The van der Waals surface area contributed by atoms with Crippen LogP contribution in [0.25, 0.3) is 0 Å². The molecule has 0 radical (unpaired) electrons. The lowest BCUT2D eigenvalue weighted by molar-refractivity contribution is -0.123. The standard InChI is InChI=1S/C17H23N3O4.ClH/c1-24-12(11-18)10-15(21)19-8-4-5-9-20-16(22)13-6-2-3-7-14(13)17(20)23;/h2-3,6-7,12H,4-5,8-11,18H2,1H3,(H,19,21);1H. The van der Waals surface area contributed by atoms with Crippen molar-refractivity contribution in [2.24, 2.45) is 5.73 Å². The molecule has 1 aliphatic rings. The maximum Gasteiger partial charge on any atom is 0.261 e. The van der Waals surface area contributed by atoms with E-state index < -0.39 is 0 Å². The molecule has 8 heteroatoms. The highest BCUT2D eigenvalue weighted by atomic mass is 35.5. The molecule has 3 N–H and O–H groups in total. The van der Waals surface area contributed by atoms with Crippen LogP contribution in [0.5, 0.6) is 0 Å². The van der Waals surface area contributed by atoms with Gasteiger partial charge < -0.3 is 15.8 Å². The van der Waals surface area contributed by atoms with Crippen LogP contribution in [0.3, 0.4) is 0 Å². The number of hydrogen-bond donors (Lipinski definition) is 2. The van der Waals surface area contributed by atoms with Crippen LogP contribution in [-0.2, 0) is 9.53 Å². The Morgan fingerprint density at radius 1 is 1.20 bits per heavy atom. The minimum atomic E-state index is -0.275. The molecule has 3 amide bonds. The second-order valence-corrected chi connectivity index (χ2v) is 5.66. The number of fused-ring (bicyclic) bond motifs is 1. The zero-order valence-electron chi connectivity index (χ0n) is 14.2. The summed E-state index contributed by atoms with van der Waals surface area (Å²) in [5.41, 5.74) is 6.39. The number of unbranched alkanes of at least 4 members (excludes halogenated alkanes) is 1. The number of benzene rings is 1. The quantitative estimate of drug-likeness (QED) is 0.498. The predicted octanol–water partition coefficient (Wildman–Crippen LogP) is 0.965. The van der Waals surface area contributed by atoms with Crippen molar-refractivity contribution >= 4 is 30.1 Å². The van der Waals surface area contributed by atoms with E-state index in [9.17, 15) is 14.4 Å². The molecule has 1 atom stereocenters. The van der Waals surface area contributed by atoms with Gasteiger partial charge in [-0.25, -0.2) is 0 Å². The van der Waals surface area contributed by atoms with Crippen LogP contribution in [0, 0.1) is 0 Å². The molecule has 0 saturated carbocycles. The molecule has 0 bridgehead atoms. The number of amides is 3. The number of carbonyl (C=O) groups excluding carboxylic acids is 3. The molecule has 1 aromatic rings. The Morgan fingerprint density at radius 3 is 2.32 bits per heavy atom. The fraction of sp³-hybridized carbons (Fsp3) is 0.471. The van der Waals surface area contributed by atoms with Crippen molar-refractivity contribution in [3.63, 3.8) is 0 Å². The zero-order chi connectivity index (χ0) is 17.5. The fourth-order valence-corrected chi connectivity index (χ4v) is 2.61. The van der Waals surface area contributed by atoms with E-state index >= 15 is 0 Å². The molecule has 7 nitrogen and oxygen atoms in total. The van der Waals surface area contributed by atoms with Crippen molar-refractivity contribution < 1.29 is 19.1 Å². The van der Waals surface area contributed by atoms with E-state index in [0.717, 1.165) is 0 Å². The Balaban J connectivity index is 0.00000312. The Labute approximate surface area is 153 Å². The molecule has 1 aromatic carbocycles. The summed E-state index contributed by atoms with van der Waals surface area (Å²) in [6.45, 7) is 1.14. The molecular formula is C17H24ClN3O4. The van der Waals surface area contributed by atoms with Crippen LogP contribution in [0.1, 0.15) is 40.0 Å². The first-order valence-electron chi connectivity index (χ1n) is 8.03. The minimum Gasteiger partial charge on any atom is -0.380 e. The normalized spacial score (nSPS) is 14.1. The Bertz CT molecular complexity index is 585. The van der Waals surface area contributed by atoms with Gasteiger partial charge >= 0.3 is 0 Å². The van der Waals surface area contributed by atoms with Crippen molar-refractivity contribution in [3.8, 4) is 0 Å². The third-order valence-corrected chi connectivity index (χ3v) is 4.02. The first-order valence-corrected chi connectivity index (χ1v) is 8.03. The highest BCUT2D eigenvalue weighted by Gasteiger charge is 2.34. The second-order valence-electron chi connectivity index (χ2n) is 5.66. The van der Waals surface area contributed by atoms with Gasteiger partial charge in [-0.15, -0.1) is 12.4 Å². The van der Waals surface area contributed by atoms with Crippen molar-refractivity contribution in [2.75, 3.05) is 26.7 Å². The number of nitrogens with one attached hydrogen (secondary N) is 1. The van der Waals surface area contributed by atoms with Crippen LogP contribution in [0.4, 0.5) is 0 Å². The van der Waals surface area contributed by atoms with Crippen molar-refractivity contribution in [2.45, 2.75) is 25.4 Å². The average Bonchev–Trinajstić information content (AvgIpc) is 2.84. The molecule has 1 heterocycles. The van der Waals surface area contributed by atoms with Crippen LogP contribution in [0.2, 0.25) is 0 Å². The summed E-state index contributed by atoms with van der Waals surface area (Å²) in [7, 11) is 1.52. The Kier molecular flexibility index (Phi) is 8.54. The predicted molar refractivity (Wildman–Crippen MR) is 95.8 cm³/mol. The van der Waals surface area contributed by atoms with Gasteiger partial charge in [0.2, 0.25) is 5.91 Å². The number of ether oxygens (including phenoxy) is 1. The number of hydrogen-bond acceptors (Lipinski definition) is 5. The maximum atomic E-state index is 12.2. The highest BCUT2D eigenvalue weighted by molar-refractivity contribution is 6.21. The molecule has 1 unspecified atom stereocenters. The number of nitrogens with zero attached hydrogens (tertiary/aromatic N) is 1. The molecule has 1 aliphatic heterocycles. The summed E-state index contributed by atoms with van der Waals surface area (Å²) >= 11 is 0. The minimum absolute atomic E-state index is 0. The van der Waals surface area contributed by atoms with E-state index in [1.807, 2.05) is 0 Å². The lowest BCUT2D eigenvalue weighted by Crippen LogP contribution is -2.33. The van der Waals surface area contributed by atoms with E-state index in [1.54, 1.807) is 24.3 Å². The summed E-state index contributed by atoms with van der Waals surface area (Å²) in [5, 5.41) is 2.78. The molecule has 2 rings (SSSR count). The van der Waals surface area contributed by atoms with Gasteiger partial charge in [-0.3, -0.25) is 19.3 Å². The van der Waals surface area contributed by atoms with Gasteiger partial charge in [-0.1, -0.05) is 12.1 Å². The van der Waals surface area contributed by atoms with Crippen LogP contribution < -0.4 is 11.1 Å². The number of imide groups is 1. The van der Waals surface area contributed by atoms with Crippen molar-refractivity contribution in [1.29, 1.82) is 0 Å². The number of rotatable bonds is 9. The van der Waals surface area contributed by atoms with Gasteiger partial charge in [0.15, 0.2) is 0 Å². The van der Waals surface area contributed by atoms with Crippen LogP contribution in [-0.4, -0.2) is 55.5 Å². The zero-order valence-corrected chi connectivity index (χ0v) is 15.0. The monoisotopic (exact) mass is 369 g/mol. The summed E-state index contributed by atoms with van der Waals surface area (Å²) in [5.74, 6) is -0.607. The van der Waals surface area contributed by atoms with E-state index in [-0.39, 0.29) is 42.7 Å². The Morgan fingerprint density at radius 2 is 1.80 bits per heavy atom. The van der Waals surface area contributed by atoms with Gasteiger partial charge in [-0.2, -0.15) is 0 Å². The van der Waals surface area contributed by atoms with E-state index in [2.05, 4.69) is 5.32 Å². The van der Waals surface area contributed by atoms with E-state index in [4.69, 9.17) is 10.5 Å². The van der Waals surface area contributed by atoms with Gasteiger partial charge in [0.1, 0.15) is 0 Å². The number of carbonyl (C=O) groups is 3. The molecule has 138 valence electrons. The lowest BCUT2D eigenvalue weighted by atomic mass is 10.1. The number of nitrogens with two attached hydrogens (primary N) is 1.